The van der Waals surface area contributed by atoms with E-state index in [1.54, 1.807) is 26.3 Å². The lowest BCUT2D eigenvalue weighted by Crippen LogP contribution is -2.28. The number of fused-ring (bicyclic) bond motifs is 2. The van der Waals surface area contributed by atoms with Crippen molar-refractivity contribution in [3.8, 4) is 22.8 Å². The summed E-state index contributed by atoms with van der Waals surface area (Å²) in [6.07, 6.45) is 3.55. The topological polar surface area (TPSA) is 89.4 Å². The average Bonchev–Trinajstić information content (AvgIpc) is 3.42. The molecule has 0 aliphatic carbocycles. The van der Waals surface area contributed by atoms with E-state index in [4.69, 9.17) is 21.1 Å². The van der Waals surface area contributed by atoms with Crippen LogP contribution in [0.2, 0.25) is 5.02 Å². The number of halogens is 1. The number of aliphatic hydroxyl groups excluding tert-OH is 1. The van der Waals surface area contributed by atoms with Gasteiger partial charge in [-0.15, -0.1) is 0 Å². The van der Waals surface area contributed by atoms with Crippen molar-refractivity contribution in [2.75, 3.05) is 13.7 Å². The molecule has 1 aliphatic rings. The van der Waals surface area contributed by atoms with E-state index in [-0.39, 0.29) is 11.7 Å². The van der Waals surface area contributed by atoms with Gasteiger partial charge in [0.25, 0.3) is 0 Å². The maximum Gasteiger partial charge on any atom is 0.216 e. The molecular formula is C25H24ClN3O4. The summed E-state index contributed by atoms with van der Waals surface area (Å²) < 4.78 is 13.2. The predicted molar refractivity (Wildman–Crippen MR) is 126 cm³/mol. The summed E-state index contributed by atoms with van der Waals surface area (Å²) in [6.45, 7) is 2.42. The van der Waals surface area contributed by atoms with Crippen molar-refractivity contribution in [2.45, 2.75) is 26.0 Å². The van der Waals surface area contributed by atoms with Gasteiger partial charge in [0.1, 0.15) is 5.75 Å². The number of aromatic nitrogens is 3. The second-order valence-corrected chi connectivity index (χ2v) is 8.86. The number of H-pyrrole nitrogens is 1. The van der Waals surface area contributed by atoms with Crippen LogP contribution in [0, 0.1) is 5.92 Å². The first kappa shape index (κ1) is 21.6. The van der Waals surface area contributed by atoms with Gasteiger partial charge in [-0.25, -0.2) is 5.10 Å². The van der Waals surface area contributed by atoms with Gasteiger partial charge in [0.05, 0.1) is 37.5 Å². The van der Waals surface area contributed by atoms with Crippen LogP contribution in [0.4, 0.5) is 0 Å². The van der Waals surface area contributed by atoms with Gasteiger partial charge in [-0.3, -0.25) is 4.79 Å². The minimum atomic E-state index is -0.567. The number of aliphatic hydroxyl groups is 1. The molecule has 170 valence electrons. The summed E-state index contributed by atoms with van der Waals surface area (Å²) in [5.41, 5.74) is 4.15. The molecule has 0 amide bonds. The van der Waals surface area contributed by atoms with Gasteiger partial charge in [0.15, 0.2) is 5.78 Å². The van der Waals surface area contributed by atoms with E-state index in [9.17, 15) is 9.90 Å². The molecule has 1 aliphatic heterocycles. The number of ketones is 1. The number of aromatic amines is 1. The van der Waals surface area contributed by atoms with Crippen molar-refractivity contribution >= 4 is 28.3 Å². The highest BCUT2D eigenvalue weighted by molar-refractivity contribution is 6.30. The van der Waals surface area contributed by atoms with E-state index in [0.717, 1.165) is 33.3 Å². The molecule has 0 spiro atoms. The fraction of sp³-hybridized carbons (Fsp3) is 0.280. The Balaban J connectivity index is 1.54. The van der Waals surface area contributed by atoms with Crippen LogP contribution in [0.15, 0.2) is 48.8 Å². The highest BCUT2D eigenvalue weighted by Gasteiger charge is 2.29. The number of rotatable bonds is 6. The first-order valence-corrected chi connectivity index (χ1v) is 11.2. The molecule has 7 nitrogen and oxygen atoms in total. The van der Waals surface area contributed by atoms with Crippen LogP contribution in [0.1, 0.15) is 22.8 Å². The lowest BCUT2D eigenvalue weighted by atomic mass is 9.89. The van der Waals surface area contributed by atoms with E-state index in [0.29, 0.717) is 36.0 Å². The van der Waals surface area contributed by atoms with Crippen LogP contribution in [0.25, 0.3) is 22.0 Å². The third-order valence-electron chi connectivity index (χ3n) is 6.03. The number of carbonyl (C=O) groups excluding carboxylic acids is 1. The minimum absolute atomic E-state index is 0.0172. The van der Waals surface area contributed by atoms with E-state index >= 15 is 0 Å². The number of methoxy groups -OCH3 is 1. The molecule has 2 atom stereocenters. The summed E-state index contributed by atoms with van der Waals surface area (Å²) in [7, 11) is 1.58. The molecule has 0 bridgehead atoms. The minimum Gasteiger partial charge on any atom is -0.493 e. The quantitative estimate of drug-likeness (QED) is 0.409. The highest BCUT2D eigenvalue weighted by Crippen LogP contribution is 2.35. The molecular weight excluding hydrogens is 442 g/mol. The van der Waals surface area contributed by atoms with Gasteiger partial charge in [0, 0.05) is 34.2 Å². The predicted octanol–water partition coefficient (Wildman–Crippen LogP) is 4.51. The number of carbonyl (C=O) groups is 1. The van der Waals surface area contributed by atoms with Crippen molar-refractivity contribution < 1.29 is 19.4 Å². The maximum atomic E-state index is 13.6. The molecule has 2 aromatic heterocycles. The standard InChI is InChI=1S/C25H24ClN3O4/c1-14(30)11-29-12-21(24(31)17-7-16-8-18(26)4-6-23(16)33-13-17)19-5-3-15(9-22(19)29)20-10-27-28-25(20)32-2/h3-6,8-10,12,14,17,30H,7,11,13H2,1-2H3,(H,27,28)/t14?,17-/m0/s1. The zero-order valence-corrected chi connectivity index (χ0v) is 19.1. The van der Waals surface area contributed by atoms with Gasteiger partial charge in [0.2, 0.25) is 5.88 Å². The van der Waals surface area contributed by atoms with E-state index in [1.165, 1.54) is 0 Å². The summed E-state index contributed by atoms with van der Waals surface area (Å²) in [5.74, 6) is 1.05. The van der Waals surface area contributed by atoms with Gasteiger partial charge in [-0.2, -0.15) is 5.10 Å². The SMILES string of the molecule is COc1[nH]ncc1-c1ccc2c(C(=O)[C@@H]3COc4ccc(Cl)cc4C3)cn(CC(C)O)c2c1. The Morgan fingerprint density at radius 3 is 3.00 bits per heavy atom. The van der Waals surface area contributed by atoms with Gasteiger partial charge in [-0.05, 0) is 48.7 Å². The normalized spacial score (nSPS) is 16.3. The lowest BCUT2D eigenvalue weighted by Gasteiger charge is -2.24. The second-order valence-electron chi connectivity index (χ2n) is 8.42. The number of hydrogen-bond donors (Lipinski definition) is 2. The Labute approximate surface area is 195 Å². The van der Waals surface area contributed by atoms with Gasteiger partial charge >= 0.3 is 0 Å². The molecule has 2 N–H and O–H groups in total. The molecule has 1 unspecified atom stereocenters. The fourth-order valence-corrected chi connectivity index (χ4v) is 4.67. The first-order valence-electron chi connectivity index (χ1n) is 10.8. The molecule has 33 heavy (non-hydrogen) atoms. The number of nitrogens with one attached hydrogen (secondary N) is 1. The molecule has 0 radical (unpaired) electrons. The third-order valence-corrected chi connectivity index (χ3v) is 6.26. The van der Waals surface area contributed by atoms with Gasteiger partial charge in [-0.1, -0.05) is 23.7 Å². The third kappa shape index (κ3) is 3.98. The summed E-state index contributed by atoms with van der Waals surface area (Å²) in [4.78, 5) is 13.6. The molecule has 5 rings (SSSR count). The number of Topliss-reactive ketones (excluding diaryl/α,β-unsaturated/α-hetero) is 1. The smallest absolute Gasteiger partial charge is 0.216 e. The molecule has 3 heterocycles. The Morgan fingerprint density at radius 2 is 2.21 bits per heavy atom. The van der Waals surface area contributed by atoms with Crippen LogP contribution in [-0.2, 0) is 13.0 Å². The van der Waals surface area contributed by atoms with E-state index in [2.05, 4.69) is 10.2 Å². The number of benzene rings is 2. The molecule has 4 aromatic rings. The number of ether oxygens (including phenoxy) is 2. The summed E-state index contributed by atoms with van der Waals surface area (Å²) in [6, 6.07) is 11.4. The van der Waals surface area contributed by atoms with Crippen molar-refractivity contribution in [1.29, 1.82) is 0 Å². The van der Waals surface area contributed by atoms with Crippen molar-refractivity contribution in [3.05, 3.63) is 64.9 Å². The van der Waals surface area contributed by atoms with Crippen molar-refractivity contribution in [1.82, 2.24) is 14.8 Å². The number of hydrogen-bond acceptors (Lipinski definition) is 5. The highest BCUT2D eigenvalue weighted by atomic mass is 35.5. The average molecular weight is 466 g/mol. The Morgan fingerprint density at radius 1 is 1.36 bits per heavy atom. The van der Waals surface area contributed by atoms with Crippen LogP contribution in [0.3, 0.4) is 0 Å². The first-order chi connectivity index (χ1) is 15.9. The summed E-state index contributed by atoms with van der Waals surface area (Å²) in [5, 5.41) is 18.4. The zero-order valence-electron chi connectivity index (χ0n) is 18.3. The Hall–Kier alpha value is -3.29. The monoisotopic (exact) mass is 465 g/mol. The second kappa shape index (κ2) is 8.57. The van der Waals surface area contributed by atoms with Gasteiger partial charge < -0.3 is 19.1 Å². The lowest BCUT2D eigenvalue weighted by molar-refractivity contribution is 0.0856. The largest absolute Gasteiger partial charge is 0.493 e. The zero-order chi connectivity index (χ0) is 23.1. The molecule has 0 saturated carbocycles. The van der Waals surface area contributed by atoms with Crippen molar-refractivity contribution in [2.24, 2.45) is 5.92 Å². The summed E-state index contributed by atoms with van der Waals surface area (Å²) >= 11 is 6.15. The Bertz CT molecular complexity index is 1340. The van der Waals surface area contributed by atoms with Crippen LogP contribution < -0.4 is 9.47 Å². The molecule has 0 saturated heterocycles. The van der Waals surface area contributed by atoms with E-state index in [1.807, 2.05) is 41.1 Å². The molecule has 2 aromatic carbocycles. The number of nitrogens with zero attached hydrogens (tertiary/aromatic N) is 2. The molecule has 0 fully saturated rings. The maximum absolute atomic E-state index is 13.6. The van der Waals surface area contributed by atoms with Crippen LogP contribution >= 0.6 is 11.6 Å². The van der Waals surface area contributed by atoms with Crippen LogP contribution in [-0.4, -0.2) is 45.5 Å². The van der Waals surface area contributed by atoms with E-state index < -0.39 is 6.10 Å². The van der Waals surface area contributed by atoms with Crippen molar-refractivity contribution in [3.63, 3.8) is 0 Å². The molecule has 8 heteroatoms. The fourth-order valence-electron chi connectivity index (χ4n) is 4.48. The van der Waals surface area contributed by atoms with Crippen LogP contribution in [0.5, 0.6) is 11.6 Å². The Kier molecular flexibility index (Phi) is 5.60.